The third-order valence-corrected chi connectivity index (χ3v) is 3.51. The van der Waals surface area contributed by atoms with Crippen LogP contribution in [0.25, 0.3) is 0 Å². The van der Waals surface area contributed by atoms with Gasteiger partial charge in [0.25, 0.3) is 5.91 Å². The van der Waals surface area contributed by atoms with E-state index in [1.807, 2.05) is 13.0 Å². The summed E-state index contributed by atoms with van der Waals surface area (Å²) >= 11 is 6.02. The van der Waals surface area contributed by atoms with E-state index in [2.05, 4.69) is 0 Å². The topological polar surface area (TPSA) is 29.5 Å². The van der Waals surface area contributed by atoms with Gasteiger partial charge in [0.2, 0.25) is 0 Å². The van der Waals surface area contributed by atoms with Gasteiger partial charge in [-0.15, -0.1) is 0 Å². The zero-order chi connectivity index (χ0) is 16.1. The van der Waals surface area contributed by atoms with Gasteiger partial charge >= 0.3 is 0 Å². The number of rotatable bonds is 5. The van der Waals surface area contributed by atoms with Crippen LogP contribution in [0.2, 0.25) is 5.02 Å². The lowest BCUT2D eigenvalue weighted by Crippen LogP contribution is -2.31. The summed E-state index contributed by atoms with van der Waals surface area (Å²) < 4.78 is 18.3. The molecule has 0 aliphatic heterocycles. The van der Waals surface area contributed by atoms with Crippen molar-refractivity contribution in [3.05, 3.63) is 64.4 Å². The van der Waals surface area contributed by atoms with E-state index in [0.29, 0.717) is 17.3 Å². The Morgan fingerprint density at radius 2 is 1.91 bits per heavy atom. The minimum Gasteiger partial charge on any atom is -0.482 e. The van der Waals surface area contributed by atoms with Crippen molar-refractivity contribution in [1.82, 2.24) is 4.90 Å². The Morgan fingerprint density at radius 1 is 1.23 bits per heavy atom. The van der Waals surface area contributed by atoms with Crippen LogP contribution in [0, 0.1) is 12.7 Å². The molecule has 0 bridgehead atoms. The van der Waals surface area contributed by atoms with E-state index in [1.165, 1.54) is 17.0 Å². The Kier molecular flexibility index (Phi) is 5.39. The minimum absolute atomic E-state index is 0.0964. The summed E-state index contributed by atoms with van der Waals surface area (Å²) in [4.78, 5) is 13.6. The van der Waals surface area contributed by atoms with E-state index in [4.69, 9.17) is 16.3 Å². The first-order valence-electron chi connectivity index (χ1n) is 6.83. The van der Waals surface area contributed by atoms with Gasteiger partial charge in [-0.2, -0.15) is 0 Å². The summed E-state index contributed by atoms with van der Waals surface area (Å²) in [5.74, 6) is 0.0160. The Balaban J connectivity index is 1.91. The monoisotopic (exact) mass is 321 g/mol. The third kappa shape index (κ3) is 4.46. The highest BCUT2D eigenvalue weighted by atomic mass is 35.5. The molecule has 0 radical (unpaired) electrons. The second kappa shape index (κ2) is 7.27. The lowest BCUT2D eigenvalue weighted by Gasteiger charge is -2.18. The second-order valence-corrected chi connectivity index (χ2v) is 5.51. The van der Waals surface area contributed by atoms with E-state index < -0.39 is 0 Å². The molecule has 2 rings (SSSR count). The number of carbonyl (C=O) groups excluding carboxylic acids is 1. The molecule has 2 aromatic carbocycles. The van der Waals surface area contributed by atoms with Crippen LogP contribution in [0.5, 0.6) is 5.75 Å². The van der Waals surface area contributed by atoms with E-state index in [9.17, 15) is 9.18 Å². The van der Waals surface area contributed by atoms with Crippen molar-refractivity contribution in [3.8, 4) is 5.75 Å². The number of likely N-dealkylation sites (N-methyl/N-ethyl adjacent to an activating group) is 1. The fourth-order valence-corrected chi connectivity index (χ4v) is 2.09. The molecule has 0 aliphatic carbocycles. The predicted molar refractivity (Wildman–Crippen MR) is 84.6 cm³/mol. The molecule has 0 unspecified atom stereocenters. The average Bonchev–Trinajstić information content (AvgIpc) is 2.50. The molecule has 0 aliphatic rings. The molecule has 2 aromatic rings. The Bertz CT molecular complexity index is 658. The molecule has 0 saturated heterocycles. The van der Waals surface area contributed by atoms with E-state index in [0.717, 1.165) is 11.1 Å². The maximum atomic E-state index is 12.8. The number of carbonyl (C=O) groups is 1. The van der Waals surface area contributed by atoms with E-state index in [-0.39, 0.29) is 18.3 Å². The van der Waals surface area contributed by atoms with Crippen LogP contribution in [-0.4, -0.2) is 24.5 Å². The summed E-state index contributed by atoms with van der Waals surface area (Å²) in [7, 11) is 1.67. The zero-order valence-electron chi connectivity index (χ0n) is 12.5. The van der Waals surface area contributed by atoms with Gasteiger partial charge in [0.1, 0.15) is 11.6 Å². The fraction of sp³-hybridized carbons (Fsp3) is 0.235. The minimum atomic E-state index is -0.296. The third-order valence-electron chi connectivity index (χ3n) is 3.20. The van der Waals surface area contributed by atoms with Crippen molar-refractivity contribution in [2.24, 2.45) is 0 Å². The molecule has 0 fully saturated rings. The first-order chi connectivity index (χ1) is 10.5. The van der Waals surface area contributed by atoms with Crippen molar-refractivity contribution in [2.75, 3.05) is 13.7 Å². The first-order valence-corrected chi connectivity index (χ1v) is 7.21. The molecule has 0 aromatic heterocycles. The molecule has 1 amide bonds. The Morgan fingerprint density at radius 3 is 2.59 bits per heavy atom. The summed E-state index contributed by atoms with van der Waals surface area (Å²) in [5.41, 5.74) is 1.86. The number of hydrogen-bond acceptors (Lipinski definition) is 2. The van der Waals surface area contributed by atoms with Crippen LogP contribution in [0.4, 0.5) is 4.39 Å². The van der Waals surface area contributed by atoms with Crippen LogP contribution in [0.1, 0.15) is 11.1 Å². The number of aryl methyl sites for hydroxylation is 1. The molecule has 3 nitrogen and oxygen atoms in total. The smallest absolute Gasteiger partial charge is 0.260 e. The molecule has 116 valence electrons. The zero-order valence-corrected chi connectivity index (χ0v) is 13.2. The lowest BCUT2D eigenvalue weighted by molar-refractivity contribution is -0.132. The average molecular weight is 322 g/mol. The van der Waals surface area contributed by atoms with Gasteiger partial charge in [0.05, 0.1) is 5.02 Å². The lowest BCUT2D eigenvalue weighted by atomic mass is 10.2. The quantitative estimate of drug-likeness (QED) is 0.837. The van der Waals surface area contributed by atoms with Gasteiger partial charge in [0, 0.05) is 13.6 Å². The Labute approximate surface area is 134 Å². The number of hydrogen-bond donors (Lipinski definition) is 0. The van der Waals surface area contributed by atoms with Crippen molar-refractivity contribution in [2.45, 2.75) is 13.5 Å². The van der Waals surface area contributed by atoms with E-state index >= 15 is 0 Å². The largest absolute Gasteiger partial charge is 0.482 e. The highest BCUT2D eigenvalue weighted by molar-refractivity contribution is 6.32. The number of ether oxygens (including phenoxy) is 1. The van der Waals surface area contributed by atoms with Crippen LogP contribution >= 0.6 is 11.6 Å². The molecule has 0 heterocycles. The normalized spacial score (nSPS) is 10.4. The van der Waals surface area contributed by atoms with Crippen molar-refractivity contribution >= 4 is 17.5 Å². The standard InChI is InChI=1S/C17H17ClFNO2/c1-12-3-8-15(18)16(9-12)22-11-17(21)20(2)10-13-4-6-14(19)7-5-13/h3-9H,10-11H2,1-2H3. The summed E-state index contributed by atoms with van der Waals surface area (Å²) in [6.45, 7) is 2.22. The molecule has 22 heavy (non-hydrogen) atoms. The molecular weight excluding hydrogens is 305 g/mol. The van der Waals surface area contributed by atoms with Crippen LogP contribution in [0.15, 0.2) is 42.5 Å². The van der Waals surface area contributed by atoms with Gasteiger partial charge in [-0.05, 0) is 42.3 Å². The molecular formula is C17H17ClFNO2. The predicted octanol–water partition coefficient (Wildman–Crippen LogP) is 3.82. The van der Waals surface area contributed by atoms with Gasteiger partial charge in [-0.3, -0.25) is 4.79 Å². The maximum absolute atomic E-state index is 12.8. The first kappa shape index (κ1) is 16.3. The molecule has 0 spiro atoms. The molecule has 0 atom stereocenters. The van der Waals surface area contributed by atoms with Crippen LogP contribution < -0.4 is 4.74 Å². The van der Waals surface area contributed by atoms with Gasteiger partial charge in [0.15, 0.2) is 6.61 Å². The second-order valence-electron chi connectivity index (χ2n) is 5.10. The van der Waals surface area contributed by atoms with Gasteiger partial charge in [-0.1, -0.05) is 29.8 Å². The van der Waals surface area contributed by atoms with Gasteiger partial charge in [-0.25, -0.2) is 4.39 Å². The van der Waals surface area contributed by atoms with Crippen molar-refractivity contribution in [1.29, 1.82) is 0 Å². The van der Waals surface area contributed by atoms with Gasteiger partial charge < -0.3 is 9.64 Å². The van der Waals surface area contributed by atoms with Crippen molar-refractivity contribution < 1.29 is 13.9 Å². The highest BCUT2D eigenvalue weighted by Gasteiger charge is 2.11. The number of halogens is 2. The summed E-state index contributed by atoms with van der Waals surface area (Å²) in [6, 6.07) is 11.4. The summed E-state index contributed by atoms with van der Waals surface area (Å²) in [5, 5.41) is 0.472. The molecule has 5 heteroatoms. The van der Waals surface area contributed by atoms with Crippen LogP contribution in [-0.2, 0) is 11.3 Å². The van der Waals surface area contributed by atoms with E-state index in [1.54, 1.807) is 31.3 Å². The molecule has 0 saturated carbocycles. The Hall–Kier alpha value is -2.07. The fourth-order valence-electron chi connectivity index (χ4n) is 1.92. The van der Waals surface area contributed by atoms with Crippen molar-refractivity contribution in [3.63, 3.8) is 0 Å². The number of amides is 1. The number of nitrogens with zero attached hydrogens (tertiary/aromatic N) is 1. The maximum Gasteiger partial charge on any atom is 0.260 e. The van der Waals surface area contributed by atoms with Crippen LogP contribution in [0.3, 0.4) is 0 Å². The summed E-state index contributed by atoms with van der Waals surface area (Å²) in [6.07, 6.45) is 0. The number of benzene rings is 2. The highest BCUT2D eigenvalue weighted by Crippen LogP contribution is 2.25. The molecule has 0 N–H and O–H groups in total. The SMILES string of the molecule is Cc1ccc(Cl)c(OCC(=O)N(C)Cc2ccc(F)cc2)c1.